The molecule has 1 aliphatic carbocycles. The van der Waals surface area contributed by atoms with Gasteiger partial charge in [-0.1, -0.05) is 12.1 Å². The third kappa shape index (κ3) is 3.62. The van der Waals surface area contributed by atoms with Crippen LogP contribution >= 0.6 is 0 Å². The third-order valence-corrected chi connectivity index (χ3v) is 5.09. The Hall–Kier alpha value is -3.03. The van der Waals surface area contributed by atoms with Crippen LogP contribution in [0.25, 0.3) is 0 Å². The topological polar surface area (TPSA) is 9.23 Å². The molecular weight excluding hydrogens is 413 g/mol. The highest BCUT2D eigenvalue weighted by molar-refractivity contribution is 5.42. The molecule has 1 atom stereocenters. The molecule has 0 aromatic heterocycles. The number of hydrogen-bond acceptors (Lipinski definition) is 1. The number of benzene rings is 3. The van der Waals surface area contributed by atoms with Gasteiger partial charge in [0, 0.05) is 17.7 Å². The summed E-state index contributed by atoms with van der Waals surface area (Å²) in [5, 5.41) is 0. The second kappa shape index (κ2) is 7.34. The van der Waals surface area contributed by atoms with E-state index in [1.54, 1.807) is 0 Å². The van der Waals surface area contributed by atoms with Crippen LogP contribution in [0.15, 0.2) is 48.5 Å². The van der Waals surface area contributed by atoms with Crippen LogP contribution in [0.1, 0.15) is 28.2 Å². The van der Waals surface area contributed by atoms with Crippen molar-refractivity contribution in [2.75, 3.05) is 0 Å². The number of fused-ring (bicyclic) bond motifs is 1. The summed E-state index contributed by atoms with van der Waals surface area (Å²) in [6, 6.07) is 7.73. The maximum Gasteiger partial charge on any atom is 0.426 e. The normalized spacial score (nSPS) is 15.9. The van der Waals surface area contributed by atoms with Crippen LogP contribution < -0.4 is 4.74 Å². The molecule has 3 aromatic rings. The minimum atomic E-state index is -3.98. The fourth-order valence-corrected chi connectivity index (χ4v) is 3.70. The molecule has 0 N–H and O–H groups in total. The fourth-order valence-electron chi connectivity index (χ4n) is 3.70. The Balaban J connectivity index is 1.60. The van der Waals surface area contributed by atoms with Crippen LogP contribution in [0.4, 0.5) is 30.7 Å². The van der Waals surface area contributed by atoms with Crippen molar-refractivity contribution < 1.29 is 35.5 Å². The van der Waals surface area contributed by atoms with Crippen molar-refractivity contribution in [2.45, 2.75) is 24.9 Å². The van der Waals surface area contributed by atoms with E-state index in [9.17, 15) is 30.7 Å². The molecular formula is C22H13F7O. The average molecular weight is 426 g/mol. The minimum absolute atomic E-state index is 0.101. The third-order valence-electron chi connectivity index (χ3n) is 5.09. The lowest BCUT2D eigenvalue weighted by atomic mass is 9.95. The van der Waals surface area contributed by atoms with Crippen LogP contribution in [0.2, 0.25) is 0 Å². The molecule has 30 heavy (non-hydrogen) atoms. The summed E-state index contributed by atoms with van der Waals surface area (Å²) in [6.07, 6.45) is -3.57. The Bertz CT molecular complexity index is 1080. The molecule has 0 spiro atoms. The zero-order chi connectivity index (χ0) is 21.6. The summed E-state index contributed by atoms with van der Waals surface area (Å²) in [5.74, 6) is -7.97. The Labute approximate surface area is 166 Å². The second-order valence-electron chi connectivity index (χ2n) is 7.04. The molecule has 0 saturated heterocycles. The predicted octanol–water partition coefficient (Wildman–Crippen LogP) is 6.39. The van der Waals surface area contributed by atoms with Gasteiger partial charge in [-0.25, -0.2) is 22.0 Å². The van der Waals surface area contributed by atoms with E-state index in [0.29, 0.717) is 23.3 Å². The van der Waals surface area contributed by atoms with E-state index >= 15 is 0 Å². The van der Waals surface area contributed by atoms with Crippen molar-refractivity contribution in [2.24, 2.45) is 0 Å². The maximum atomic E-state index is 14.5. The molecule has 0 heterocycles. The number of ether oxygens (including phenoxy) is 1. The summed E-state index contributed by atoms with van der Waals surface area (Å²) < 4.78 is 101. The number of rotatable bonds is 4. The lowest BCUT2D eigenvalue weighted by Gasteiger charge is -2.19. The van der Waals surface area contributed by atoms with Gasteiger partial charge in [0.1, 0.15) is 17.4 Å². The first-order valence-electron chi connectivity index (χ1n) is 8.93. The van der Waals surface area contributed by atoms with Crippen molar-refractivity contribution in [1.82, 2.24) is 0 Å². The van der Waals surface area contributed by atoms with Crippen molar-refractivity contribution in [1.29, 1.82) is 0 Å². The molecule has 8 heteroatoms. The van der Waals surface area contributed by atoms with Crippen LogP contribution in [0.5, 0.6) is 5.75 Å². The summed E-state index contributed by atoms with van der Waals surface area (Å²) >= 11 is 0. The zero-order valence-electron chi connectivity index (χ0n) is 15.2. The minimum Gasteiger partial charge on any atom is -0.429 e. The Morgan fingerprint density at radius 3 is 1.97 bits per heavy atom. The summed E-state index contributed by atoms with van der Waals surface area (Å²) in [4.78, 5) is 0. The standard InChI is InChI=1S/C22H13F7O/c23-16-2-1-3-17(24)20(16)13-6-11-4-5-14(8-12(11)7-13)22(28,29)30-15-9-18(25)21(27)19(26)10-15/h1-5,8-10,13H,6-7H2. The molecule has 1 aliphatic rings. The smallest absolute Gasteiger partial charge is 0.426 e. The molecule has 0 radical (unpaired) electrons. The number of hydrogen-bond donors (Lipinski definition) is 0. The summed E-state index contributed by atoms with van der Waals surface area (Å²) in [7, 11) is 0. The monoisotopic (exact) mass is 426 g/mol. The van der Waals surface area contributed by atoms with E-state index in [1.165, 1.54) is 12.1 Å². The zero-order valence-corrected chi connectivity index (χ0v) is 15.2. The van der Waals surface area contributed by atoms with E-state index in [-0.39, 0.29) is 18.4 Å². The van der Waals surface area contributed by atoms with Gasteiger partial charge in [0.25, 0.3) is 0 Å². The van der Waals surface area contributed by atoms with Gasteiger partial charge in [-0.15, -0.1) is 0 Å². The first-order valence-corrected chi connectivity index (χ1v) is 8.93. The molecule has 0 fully saturated rings. The molecule has 0 bridgehead atoms. The summed E-state index contributed by atoms with van der Waals surface area (Å²) in [5.41, 5.74) is 0.400. The van der Waals surface area contributed by atoms with Crippen molar-refractivity contribution >= 4 is 0 Å². The van der Waals surface area contributed by atoms with E-state index in [4.69, 9.17) is 0 Å². The Morgan fingerprint density at radius 1 is 0.733 bits per heavy atom. The van der Waals surface area contributed by atoms with Gasteiger partial charge < -0.3 is 4.74 Å². The molecule has 0 saturated carbocycles. The van der Waals surface area contributed by atoms with Crippen molar-refractivity contribution in [3.8, 4) is 5.75 Å². The second-order valence-corrected chi connectivity index (χ2v) is 7.04. The Kier molecular flexibility index (Phi) is 4.95. The van der Waals surface area contributed by atoms with Gasteiger partial charge in [-0.05, 0) is 54.2 Å². The molecule has 1 nitrogen and oxygen atoms in total. The van der Waals surface area contributed by atoms with Crippen molar-refractivity contribution in [3.05, 3.63) is 99.9 Å². The first kappa shape index (κ1) is 20.3. The summed E-state index contributed by atoms with van der Waals surface area (Å²) in [6.45, 7) is 0. The number of alkyl halides is 2. The van der Waals surface area contributed by atoms with Crippen LogP contribution in [0, 0.1) is 29.1 Å². The molecule has 0 amide bonds. The van der Waals surface area contributed by atoms with E-state index in [1.807, 2.05) is 0 Å². The first-order chi connectivity index (χ1) is 14.2. The maximum absolute atomic E-state index is 14.5. The van der Waals surface area contributed by atoms with E-state index < -0.39 is 52.4 Å². The largest absolute Gasteiger partial charge is 0.429 e. The van der Waals surface area contributed by atoms with Crippen molar-refractivity contribution in [3.63, 3.8) is 0 Å². The number of halogens is 7. The Morgan fingerprint density at radius 2 is 1.33 bits per heavy atom. The van der Waals surface area contributed by atoms with Gasteiger partial charge in [-0.3, -0.25) is 0 Å². The van der Waals surface area contributed by atoms with Crippen LogP contribution in [-0.2, 0) is 19.0 Å². The van der Waals surface area contributed by atoms with E-state index in [0.717, 1.165) is 24.3 Å². The van der Waals surface area contributed by atoms with Crippen LogP contribution in [-0.4, -0.2) is 0 Å². The predicted molar refractivity (Wildman–Crippen MR) is 93.8 cm³/mol. The highest BCUT2D eigenvalue weighted by atomic mass is 19.3. The highest BCUT2D eigenvalue weighted by Crippen LogP contribution is 2.40. The lowest BCUT2D eigenvalue weighted by Crippen LogP contribution is -2.22. The molecule has 0 aliphatic heterocycles. The van der Waals surface area contributed by atoms with E-state index in [2.05, 4.69) is 4.74 Å². The highest BCUT2D eigenvalue weighted by Gasteiger charge is 2.37. The average Bonchev–Trinajstić information content (AvgIpc) is 3.08. The quantitative estimate of drug-likeness (QED) is 0.347. The van der Waals surface area contributed by atoms with Crippen LogP contribution in [0.3, 0.4) is 0 Å². The molecule has 1 unspecified atom stereocenters. The molecule has 4 rings (SSSR count). The molecule has 3 aromatic carbocycles. The molecule has 156 valence electrons. The lowest BCUT2D eigenvalue weighted by molar-refractivity contribution is -0.185. The van der Waals surface area contributed by atoms with Gasteiger partial charge in [0.2, 0.25) is 0 Å². The van der Waals surface area contributed by atoms with Gasteiger partial charge in [0.15, 0.2) is 17.5 Å². The fraction of sp³-hybridized carbons (Fsp3) is 0.182. The van der Waals surface area contributed by atoms with Gasteiger partial charge >= 0.3 is 6.11 Å². The SMILES string of the molecule is Fc1cc(OC(F)(F)c2ccc3c(c2)CC(c2c(F)cccc2F)C3)cc(F)c1F. The van der Waals surface area contributed by atoms with Gasteiger partial charge in [-0.2, -0.15) is 8.78 Å². The van der Waals surface area contributed by atoms with Gasteiger partial charge in [0.05, 0.1) is 5.56 Å².